The monoisotopic (exact) mass is 311 g/mol. The summed E-state index contributed by atoms with van der Waals surface area (Å²) < 4.78 is 0. The van der Waals surface area contributed by atoms with Crippen LogP contribution in [0, 0.1) is 0 Å². The van der Waals surface area contributed by atoms with Crippen LogP contribution in [-0.2, 0) is 11.2 Å². The largest absolute Gasteiger partial charge is 0.480 e. The van der Waals surface area contributed by atoms with Crippen molar-refractivity contribution in [2.75, 3.05) is 25.6 Å². The van der Waals surface area contributed by atoms with Crippen LogP contribution in [0.3, 0.4) is 0 Å². The summed E-state index contributed by atoms with van der Waals surface area (Å²) in [6.07, 6.45) is 6.44. The molecule has 0 spiro atoms. The second-order valence-corrected chi connectivity index (χ2v) is 5.63. The van der Waals surface area contributed by atoms with E-state index in [0.29, 0.717) is 25.1 Å². The van der Waals surface area contributed by atoms with Gasteiger partial charge in [-0.2, -0.15) is 11.8 Å². The number of nitrogens with one attached hydrogen (secondary N) is 1. The number of aromatic nitrogens is 1. The first-order valence-corrected chi connectivity index (χ1v) is 8.06. The third-order valence-corrected chi connectivity index (χ3v) is 3.68. The van der Waals surface area contributed by atoms with Gasteiger partial charge in [-0.15, -0.1) is 0 Å². The molecule has 0 aliphatic carbocycles. The summed E-state index contributed by atoms with van der Waals surface area (Å²) in [7, 11) is 1.66. The Labute approximate surface area is 128 Å². The summed E-state index contributed by atoms with van der Waals surface area (Å²) in [5.74, 6) is -0.308. The van der Waals surface area contributed by atoms with Crippen LogP contribution in [0.2, 0.25) is 0 Å². The molecular formula is C14H21N3O3S. The van der Waals surface area contributed by atoms with Gasteiger partial charge in [0, 0.05) is 26.0 Å². The first-order valence-electron chi connectivity index (χ1n) is 6.67. The van der Waals surface area contributed by atoms with Gasteiger partial charge in [0.15, 0.2) is 0 Å². The molecule has 0 saturated carbocycles. The fraction of sp³-hybridized carbons (Fsp3) is 0.500. The van der Waals surface area contributed by atoms with E-state index in [4.69, 9.17) is 5.11 Å². The third-order valence-electron chi connectivity index (χ3n) is 3.04. The number of carboxylic acids is 1. The Hall–Kier alpha value is -1.76. The highest BCUT2D eigenvalue weighted by Gasteiger charge is 2.21. The topological polar surface area (TPSA) is 82.5 Å². The van der Waals surface area contributed by atoms with Gasteiger partial charge in [0.05, 0.1) is 0 Å². The van der Waals surface area contributed by atoms with E-state index in [0.717, 1.165) is 5.56 Å². The number of carbonyl (C=O) groups excluding carboxylic acids is 1. The Kier molecular flexibility index (Phi) is 7.60. The first-order chi connectivity index (χ1) is 10.0. The molecule has 6 nitrogen and oxygen atoms in total. The van der Waals surface area contributed by atoms with Crippen molar-refractivity contribution < 1.29 is 14.7 Å². The number of thioether (sulfide) groups is 1. The van der Waals surface area contributed by atoms with Gasteiger partial charge in [-0.25, -0.2) is 9.59 Å². The summed E-state index contributed by atoms with van der Waals surface area (Å²) in [4.78, 5) is 28.5. The maximum atomic E-state index is 12.0. The zero-order valence-corrected chi connectivity index (χ0v) is 13.1. The van der Waals surface area contributed by atoms with E-state index < -0.39 is 12.0 Å². The Morgan fingerprint density at radius 3 is 2.67 bits per heavy atom. The van der Waals surface area contributed by atoms with Crippen molar-refractivity contribution in [3.05, 3.63) is 30.1 Å². The number of hydrogen-bond donors (Lipinski definition) is 2. The van der Waals surface area contributed by atoms with Crippen LogP contribution in [-0.4, -0.2) is 58.6 Å². The zero-order chi connectivity index (χ0) is 15.7. The van der Waals surface area contributed by atoms with Crippen LogP contribution >= 0.6 is 11.8 Å². The van der Waals surface area contributed by atoms with Crippen LogP contribution in [0.1, 0.15) is 12.0 Å². The maximum absolute atomic E-state index is 12.0. The number of rotatable bonds is 8. The minimum absolute atomic E-state index is 0.363. The van der Waals surface area contributed by atoms with Gasteiger partial charge < -0.3 is 15.3 Å². The Balaban J connectivity index is 2.43. The molecule has 116 valence electrons. The van der Waals surface area contributed by atoms with Crippen molar-refractivity contribution >= 4 is 23.8 Å². The SMILES string of the molecule is CSCC[C@H](NC(=O)N(C)CCc1ccncc1)C(=O)O. The molecule has 0 radical (unpaired) electrons. The van der Waals surface area contributed by atoms with Crippen LogP contribution < -0.4 is 5.32 Å². The molecule has 1 heterocycles. The molecule has 7 heteroatoms. The second-order valence-electron chi connectivity index (χ2n) is 4.65. The number of pyridine rings is 1. The molecule has 2 N–H and O–H groups in total. The number of amides is 2. The predicted molar refractivity (Wildman–Crippen MR) is 83.5 cm³/mol. The molecule has 0 unspecified atom stereocenters. The van der Waals surface area contributed by atoms with Crippen molar-refractivity contribution in [3.63, 3.8) is 0 Å². The molecular weight excluding hydrogens is 290 g/mol. The molecule has 0 aliphatic heterocycles. The van der Waals surface area contributed by atoms with E-state index >= 15 is 0 Å². The van der Waals surface area contributed by atoms with Crippen molar-refractivity contribution in [3.8, 4) is 0 Å². The smallest absolute Gasteiger partial charge is 0.326 e. The molecule has 0 bridgehead atoms. The highest BCUT2D eigenvalue weighted by atomic mass is 32.2. The van der Waals surface area contributed by atoms with E-state index in [2.05, 4.69) is 10.3 Å². The van der Waals surface area contributed by atoms with Crippen molar-refractivity contribution in [2.24, 2.45) is 0 Å². The van der Waals surface area contributed by atoms with E-state index in [-0.39, 0.29) is 6.03 Å². The fourth-order valence-electron chi connectivity index (χ4n) is 1.70. The van der Waals surface area contributed by atoms with E-state index in [1.807, 2.05) is 18.4 Å². The fourth-order valence-corrected chi connectivity index (χ4v) is 2.17. The third kappa shape index (κ3) is 6.48. The highest BCUT2D eigenvalue weighted by Crippen LogP contribution is 2.03. The molecule has 2 amide bonds. The molecule has 1 rings (SSSR count). The minimum atomic E-state index is -1.00. The number of carboxylic acid groups (broad SMARTS) is 1. The van der Waals surface area contributed by atoms with Gasteiger partial charge >= 0.3 is 12.0 Å². The average molecular weight is 311 g/mol. The molecule has 21 heavy (non-hydrogen) atoms. The number of likely N-dealkylation sites (N-methyl/N-ethyl adjacent to an activating group) is 1. The van der Waals surface area contributed by atoms with E-state index in [9.17, 15) is 9.59 Å². The Morgan fingerprint density at radius 2 is 2.10 bits per heavy atom. The summed E-state index contributed by atoms with van der Waals surface area (Å²) in [5, 5.41) is 11.6. The summed E-state index contributed by atoms with van der Waals surface area (Å²) in [6.45, 7) is 0.519. The maximum Gasteiger partial charge on any atom is 0.326 e. The number of urea groups is 1. The molecule has 1 aromatic rings. The van der Waals surface area contributed by atoms with Crippen LogP contribution in [0.25, 0.3) is 0 Å². The predicted octanol–water partition coefficient (Wildman–Crippen LogP) is 1.47. The molecule has 1 aromatic heterocycles. The summed E-state index contributed by atoms with van der Waals surface area (Å²) >= 11 is 1.56. The van der Waals surface area contributed by atoms with Gasteiger partial charge in [-0.1, -0.05) is 0 Å². The molecule has 0 fully saturated rings. The van der Waals surface area contributed by atoms with E-state index in [1.54, 1.807) is 31.2 Å². The number of nitrogens with zero attached hydrogens (tertiary/aromatic N) is 2. The molecule has 0 saturated heterocycles. The van der Waals surface area contributed by atoms with Crippen LogP contribution in [0.15, 0.2) is 24.5 Å². The van der Waals surface area contributed by atoms with Gasteiger partial charge in [0.2, 0.25) is 0 Å². The summed E-state index contributed by atoms with van der Waals surface area (Å²) in [5.41, 5.74) is 1.09. The normalized spacial score (nSPS) is 11.7. The minimum Gasteiger partial charge on any atom is -0.480 e. The quantitative estimate of drug-likeness (QED) is 0.760. The first kappa shape index (κ1) is 17.3. The lowest BCUT2D eigenvalue weighted by molar-refractivity contribution is -0.139. The Morgan fingerprint density at radius 1 is 1.43 bits per heavy atom. The Bertz CT molecular complexity index is 456. The van der Waals surface area contributed by atoms with Gasteiger partial charge in [0.25, 0.3) is 0 Å². The number of hydrogen-bond acceptors (Lipinski definition) is 4. The lowest BCUT2D eigenvalue weighted by Gasteiger charge is -2.21. The van der Waals surface area contributed by atoms with E-state index in [1.165, 1.54) is 4.90 Å². The average Bonchev–Trinajstić information content (AvgIpc) is 2.49. The zero-order valence-electron chi connectivity index (χ0n) is 12.3. The lowest BCUT2D eigenvalue weighted by atomic mass is 10.2. The second kappa shape index (κ2) is 9.23. The number of carbonyl (C=O) groups is 2. The van der Waals surface area contributed by atoms with Crippen molar-refractivity contribution in [1.29, 1.82) is 0 Å². The van der Waals surface area contributed by atoms with Crippen molar-refractivity contribution in [2.45, 2.75) is 18.9 Å². The standard InChI is InChI=1S/C14H21N3O3S/c1-17(9-5-11-3-7-15-8-4-11)14(20)16-12(13(18)19)6-10-21-2/h3-4,7-8,12H,5-6,9-10H2,1-2H3,(H,16,20)(H,18,19)/t12-/m0/s1. The lowest BCUT2D eigenvalue weighted by Crippen LogP contribution is -2.47. The molecule has 0 aromatic carbocycles. The summed E-state index contributed by atoms with van der Waals surface area (Å²) in [6, 6.07) is 2.58. The van der Waals surface area contributed by atoms with Gasteiger partial charge in [0.1, 0.15) is 6.04 Å². The van der Waals surface area contributed by atoms with Crippen molar-refractivity contribution in [1.82, 2.24) is 15.2 Å². The van der Waals surface area contributed by atoms with Gasteiger partial charge in [-0.05, 0) is 42.5 Å². The molecule has 0 aliphatic rings. The highest BCUT2D eigenvalue weighted by molar-refractivity contribution is 7.98. The van der Waals surface area contributed by atoms with Gasteiger partial charge in [-0.3, -0.25) is 4.98 Å². The molecule has 1 atom stereocenters. The van der Waals surface area contributed by atoms with Crippen LogP contribution in [0.4, 0.5) is 4.79 Å². The van der Waals surface area contributed by atoms with Crippen LogP contribution in [0.5, 0.6) is 0 Å². The number of aliphatic carboxylic acids is 1.